The van der Waals surface area contributed by atoms with Gasteiger partial charge in [-0.05, 0) is 37.2 Å². The van der Waals surface area contributed by atoms with Gasteiger partial charge in [0.05, 0.1) is 6.54 Å². The van der Waals surface area contributed by atoms with Crippen molar-refractivity contribution in [1.82, 2.24) is 10.2 Å². The molecule has 2 fully saturated rings. The zero-order valence-electron chi connectivity index (χ0n) is 11.7. The summed E-state index contributed by atoms with van der Waals surface area (Å²) in [6.45, 7) is 0.965. The van der Waals surface area contributed by atoms with E-state index in [9.17, 15) is 9.59 Å². The fraction of sp³-hybridized carbons (Fsp3) is 0.857. The highest BCUT2D eigenvalue weighted by Crippen LogP contribution is 2.28. The Bertz CT molecular complexity index is 329. The predicted molar refractivity (Wildman–Crippen MR) is 78.1 cm³/mol. The van der Waals surface area contributed by atoms with E-state index in [1.807, 2.05) is 0 Å². The number of nitrogens with zero attached hydrogens (tertiary/aromatic N) is 1. The monoisotopic (exact) mass is 284 g/mol. The molecule has 2 rings (SSSR count). The highest BCUT2D eigenvalue weighted by Gasteiger charge is 2.37. The zero-order valence-corrected chi connectivity index (χ0v) is 12.5. The minimum absolute atomic E-state index is 0.0133. The van der Waals surface area contributed by atoms with Crippen LogP contribution in [0.2, 0.25) is 0 Å². The molecule has 1 aliphatic heterocycles. The zero-order chi connectivity index (χ0) is 13.7. The molecule has 108 valence electrons. The van der Waals surface area contributed by atoms with Crippen LogP contribution < -0.4 is 5.32 Å². The lowest BCUT2D eigenvalue weighted by atomic mass is 9.82. The summed E-state index contributed by atoms with van der Waals surface area (Å²) in [6, 6.07) is -0.254. The molecule has 1 N–H and O–H groups in total. The maximum Gasteiger partial charge on any atom is 0.245 e. The molecular formula is C14H24N2O2S. The van der Waals surface area contributed by atoms with Crippen molar-refractivity contribution in [2.45, 2.75) is 44.6 Å². The fourth-order valence-corrected chi connectivity index (χ4v) is 3.52. The van der Waals surface area contributed by atoms with E-state index >= 15 is 0 Å². The van der Waals surface area contributed by atoms with Crippen LogP contribution in [0, 0.1) is 5.92 Å². The number of piperazine rings is 1. The van der Waals surface area contributed by atoms with Gasteiger partial charge in [0, 0.05) is 6.54 Å². The SMILES string of the molecule is CSCCCN1CC(=O)NC(C2CCCCC2)C1=O. The highest BCUT2D eigenvalue weighted by atomic mass is 32.2. The number of hydrogen-bond acceptors (Lipinski definition) is 3. The predicted octanol–water partition coefficient (Wildman–Crippen LogP) is 1.65. The Kier molecular flexibility index (Phi) is 5.55. The number of nitrogens with one attached hydrogen (secondary N) is 1. The Morgan fingerprint density at radius 1 is 1.26 bits per heavy atom. The quantitative estimate of drug-likeness (QED) is 0.781. The van der Waals surface area contributed by atoms with Crippen LogP contribution in [0.4, 0.5) is 0 Å². The van der Waals surface area contributed by atoms with Gasteiger partial charge in [-0.3, -0.25) is 9.59 Å². The molecule has 1 unspecified atom stereocenters. The summed E-state index contributed by atoms with van der Waals surface area (Å²) in [7, 11) is 0. The summed E-state index contributed by atoms with van der Waals surface area (Å²) >= 11 is 1.78. The van der Waals surface area contributed by atoms with Crippen LogP contribution in [0.5, 0.6) is 0 Å². The Labute approximate surface area is 119 Å². The molecule has 2 amide bonds. The second-order valence-electron chi connectivity index (χ2n) is 5.55. The maximum absolute atomic E-state index is 12.5. The standard InChI is InChI=1S/C14H24N2O2S/c1-19-9-5-8-16-10-12(17)15-13(14(16)18)11-6-3-2-4-7-11/h11,13H,2-10H2,1H3,(H,15,17). The Morgan fingerprint density at radius 2 is 2.00 bits per heavy atom. The van der Waals surface area contributed by atoms with E-state index in [0.29, 0.717) is 5.92 Å². The summed E-state index contributed by atoms with van der Waals surface area (Å²) in [5.74, 6) is 1.56. The van der Waals surface area contributed by atoms with Gasteiger partial charge in [0.25, 0.3) is 0 Å². The summed E-state index contributed by atoms with van der Waals surface area (Å²) in [4.78, 5) is 26.0. The van der Waals surface area contributed by atoms with Crippen molar-refractivity contribution in [2.24, 2.45) is 5.92 Å². The lowest BCUT2D eigenvalue weighted by Crippen LogP contribution is -2.60. The van der Waals surface area contributed by atoms with Gasteiger partial charge < -0.3 is 10.2 Å². The van der Waals surface area contributed by atoms with Gasteiger partial charge in [0.2, 0.25) is 11.8 Å². The van der Waals surface area contributed by atoms with Crippen LogP contribution in [0.25, 0.3) is 0 Å². The Hall–Kier alpha value is -0.710. The largest absolute Gasteiger partial charge is 0.342 e. The topological polar surface area (TPSA) is 49.4 Å². The maximum atomic E-state index is 12.5. The van der Waals surface area contributed by atoms with E-state index in [2.05, 4.69) is 11.6 Å². The molecule has 1 heterocycles. The van der Waals surface area contributed by atoms with Gasteiger partial charge >= 0.3 is 0 Å². The van der Waals surface area contributed by atoms with Crippen LogP contribution in [-0.2, 0) is 9.59 Å². The van der Waals surface area contributed by atoms with Gasteiger partial charge in [-0.15, -0.1) is 0 Å². The molecule has 4 nitrogen and oxygen atoms in total. The van der Waals surface area contributed by atoms with Gasteiger partial charge in [0.1, 0.15) is 6.04 Å². The van der Waals surface area contributed by atoms with Gasteiger partial charge in [0.15, 0.2) is 0 Å². The number of carbonyl (C=O) groups is 2. The average molecular weight is 284 g/mol. The number of rotatable bonds is 5. The molecule has 0 aromatic rings. The number of carbonyl (C=O) groups excluding carboxylic acids is 2. The molecule has 1 aliphatic carbocycles. The Morgan fingerprint density at radius 3 is 2.68 bits per heavy atom. The summed E-state index contributed by atoms with van der Waals surface area (Å²) in [6.07, 6.45) is 8.84. The average Bonchev–Trinajstić information content (AvgIpc) is 2.43. The molecule has 1 saturated heterocycles. The van der Waals surface area contributed by atoms with E-state index < -0.39 is 0 Å². The molecule has 1 saturated carbocycles. The lowest BCUT2D eigenvalue weighted by molar-refractivity contribution is -0.146. The highest BCUT2D eigenvalue weighted by molar-refractivity contribution is 7.98. The molecule has 0 aromatic heterocycles. The van der Waals surface area contributed by atoms with E-state index in [1.54, 1.807) is 16.7 Å². The second kappa shape index (κ2) is 7.17. The summed E-state index contributed by atoms with van der Waals surface area (Å²) < 4.78 is 0. The van der Waals surface area contributed by atoms with Crippen molar-refractivity contribution in [2.75, 3.05) is 25.1 Å². The van der Waals surface area contributed by atoms with Crippen molar-refractivity contribution in [3.05, 3.63) is 0 Å². The van der Waals surface area contributed by atoms with Crippen molar-refractivity contribution in [1.29, 1.82) is 0 Å². The summed E-state index contributed by atoms with van der Waals surface area (Å²) in [5, 5.41) is 2.92. The van der Waals surface area contributed by atoms with E-state index in [4.69, 9.17) is 0 Å². The Balaban J connectivity index is 1.94. The molecule has 0 aromatic carbocycles. The van der Waals surface area contributed by atoms with Crippen LogP contribution in [0.3, 0.4) is 0 Å². The van der Waals surface area contributed by atoms with Gasteiger partial charge in [-0.1, -0.05) is 19.3 Å². The lowest BCUT2D eigenvalue weighted by Gasteiger charge is -2.37. The minimum atomic E-state index is -0.254. The molecule has 19 heavy (non-hydrogen) atoms. The van der Waals surface area contributed by atoms with Crippen LogP contribution >= 0.6 is 11.8 Å². The van der Waals surface area contributed by atoms with Gasteiger partial charge in [-0.2, -0.15) is 11.8 Å². The van der Waals surface area contributed by atoms with Crippen molar-refractivity contribution in [3.63, 3.8) is 0 Å². The third kappa shape index (κ3) is 3.88. The third-order valence-electron chi connectivity index (χ3n) is 4.13. The molecule has 0 bridgehead atoms. The molecule has 5 heteroatoms. The van der Waals surface area contributed by atoms with Gasteiger partial charge in [-0.25, -0.2) is 0 Å². The molecule has 0 spiro atoms. The van der Waals surface area contributed by atoms with E-state index in [-0.39, 0.29) is 24.4 Å². The number of amides is 2. The molecular weight excluding hydrogens is 260 g/mol. The van der Waals surface area contributed by atoms with Crippen molar-refractivity contribution >= 4 is 23.6 Å². The first-order valence-corrected chi connectivity index (χ1v) is 8.69. The smallest absolute Gasteiger partial charge is 0.245 e. The molecule has 2 aliphatic rings. The molecule has 1 atom stereocenters. The summed E-state index contributed by atoms with van der Waals surface area (Å²) in [5.41, 5.74) is 0. The van der Waals surface area contributed by atoms with Crippen LogP contribution in [-0.4, -0.2) is 47.9 Å². The van der Waals surface area contributed by atoms with Crippen LogP contribution in [0.1, 0.15) is 38.5 Å². The number of hydrogen-bond donors (Lipinski definition) is 1. The first-order chi connectivity index (χ1) is 9.22. The normalized spacial score (nSPS) is 25.5. The van der Waals surface area contributed by atoms with Crippen LogP contribution in [0.15, 0.2) is 0 Å². The van der Waals surface area contributed by atoms with E-state index in [1.165, 1.54) is 19.3 Å². The number of thioether (sulfide) groups is 1. The first-order valence-electron chi connectivity index (χ1n) is 7.29. The fourth-order valence-electron chi connectivity index (χ4n) is 3.10. The van der Waals surface area contributed by atoms with Crippen molar-refractivity contribution < 1.29 is 9.59 Å². The minimum Gasteiger partial charge on any atom is -0.342 e. The van der Waals surface area contributed by atoms with Crippen molar-refractivity contribution in [3.8, 4) is 0 Å². The van der Waals surface area contributed by atoms with E-state index in [0.717, 1.165) is 31.6 Å². The second-order valence-corrected chi connectivity index (χ2v) is 6.54. The molecule has 0 radical (unpaired) electrons. The third-order valence-corrected chi connectivity index (χ3v) is 4.82. The first kappa shape index (κ1) is 14.7.